The zero-order valence-electron chi connectivity index (χ0n) is 11.6. The molecule has 6 nitrogen and oxygen atoms in total. The second kappa shape index (κ2) is 6.05. The Hall–Kier alpha value is -2.21. The van der Waals surface area contributed by atoms with E-state index in [-0.39, 0.29) is 30.5 Å². The third-order valence-corrected chi connectivity index (χ3v) is 3.89. The molecular weight excluding hydrogens is 268 g/mol. The number of amides is 1. The number of benzene rings is 1. The fourth-order valence-corrected chi connectivity index (χ4v) is 2.72. The molecule has 0 saturated heterocycles. The van der Waals surface area contributed by atoms with E-state index in [1.54, 1.807) is 4.57 Å². The maximum Gasteiger partial charge on any atom is 0.240 e. The molecule has 0 spiro atoms. The molecule has 1 fully saturated rings. The van der Waals surface area contributed by atoms with Crippen LogP contribution in [0.5, 0.6) is 0 Å². The largest absolute Gasteiger partial charge is 0.393 e. The van der Waals surface area contributed by atoms with Crippen molar-refractivity contribution in [2.45, 2.75) is 31.5 Å². The first-order chi connectivity index (χ1) is 10.2. The van der Waals surface area contributed by atoms with Crippen molar-refractivity contribution in [1.29, 1.82) is 0 Å². The van der Waals surface area contributed by atoms with Crippen molar-refractivity contribution >= 4 is 5.91 Å². The van der Waals surface area contributed by atoms with Crippen LogP contribution in [0, 0.1) is 5.92 Å². The molecule has 1 saturated carbocycles. The van der Waals surface area contributed by atoms with Gasteiger partial charge < -0.3 is 15.0 Å². The van der Waals surface area contributed by atoms with Crippen molar-refractivity contribution in [3.63, 3.8) is 0 Å². The predicted octanol–water partition coefficient (Wildman–Crippen LogP) is 0.906. The van der Waals surface area contributed by atoms with Crippen molar-refractivity contribution < 1.29 is 9.90 Å². The lowest BCUT2D eigenvalue weighted by atomic mass is 9.75. The normalized spacial score (nSPS) is 22.3. The summed E-state index contributed by atoms with van der Waals surface area (Å²) in [6, 6.07) is 9.84. The number of aliphatic hydroxyl groups is 1. The summed E-state index contributed by atoms with van der Waals surface area (Å²) in [4.78, 5) is 12.2. The molecule has 1 aromatic carbocycles. The second-order valence-electron chi connectivity index (χ2n) is 5.48. The van der Waals surface area contributed by atoms with Crippen molar-refractivity contribution in [3.05, 3.63) is 48.5 Å². The van der Waals surface area contributed by atoms with E-state index in [0.29, 0.717) is 0 Å². The average molecular weight is 286 g/mol. The summed E-state index contributed by atoms with van der Waals surface area (Å²) in [7, 11) is 0. The number of hydrogen-bond donors (Lipinski definition) is 2. The lowest BCUT2D eigenvalue weighted by Gasteiger charge is -2.38. The summed E-state index contributed by atoms with van der Waals surface area (Å²) in [5, 5.41) is 20.0. The van der Waals surface area contributed by atoms with Crippen LogP contribution >= 0.6 is 0 Å². The molecule has 0 unspecified atom stereocenters. The highest BCUT2D eigenvalue weighted by molar-refractivity contribution is 5.76. The van der Waals surface area contributed by atoms with E-state index in [2.05, 4.69) is 15.5 Å². The lowest BCUT2D eigenvalue weighted by molar-refractivity contribution is -0.123. The van der Waals surface area contributed by atoms with Crippen LogP contribution in [0.15, 0.2) is 43.0 Å². The molecule has 0 radical (unpaired) electrons. The van der Waals surface area contributed by atoms with Crippen LogP contribution in [-0.2, 0) is 11.3 Å². The molecule has 2 aromatic rings. The Morgan fingerprint density at radius 3 is 2.57 bits per heavy atom. The van der Waals surface area contributed by atoms with E-state index in [0.717, 1.165) is 18.4 Å². The van der Waals surface area contributed by atoms with Gasteiger partial charge in [-0.2, -0.15) is 0 Å². The van der Waals surface area contributed by atoms with Gasteiger partial charge in [0.1, 0.15) is 19.2 Å². The first kappa shape index (κ1) is 13.8. The van der Waals surface area contributed by atoms with Crippen LogP contribution in [0.2, 0.25) is 0 Å². The maximum atomic E-state index is 12.2. The van der Waals surface area contributed by atoms with Crippen molar-refractivity contribution in [2.24, 2.45) is 5.92 Å². The third kappa shape index (κ3) is 3.28. The number of aliphatic hydroxyl groups excluding tert-OH is 1. The Bertz CT molecular complexity index is 579. The minimum atomic E-state index is -0.240. The summed E-state index contributed by atoms with van der Waals surface area (Å²) < 4.78 is 1.63. The number of carbonyl (C=O) groups excluding carboxylic acids is 1. The van der Waals surface area contributed by atoms with Crippen LogP contribution in [0.4, 0.5) is 0 Å². The SMILES string of the molecule is O=C(Cn1cnnc1)N[C@@H](c1ccccc1)C1CC(O)C1. The third-order valence-electron chi connectivity index (χ3n) is 3.89. The average Bonchev–Trinajstić information content (AvgIpc) is 2.95. The number of rotatable bonds is 5. The number of nitrogens with zero attached hydrogens (tertiary/aromatic N) is 3. The maximum absolute atomic E-state index is 12.2. The van der Waals surface area contributed by atoms with Crippen molar-refractivity contribution in [3.8, 4) is 0 Å². The summed E-state index contributed by atoms with van der Waals surface area (Å²) in [5.41, 5.74) is 1.08. The van der Waals surface area contributed by atoms with Gasteiger partial charge in [0.15, 0.2) is 0 Å². The zero-order chi connectivity index (χ0) is 14.7. The van der Waals surface area contributed by atoms with Gasteiger partial charge in [-0.1, -0.05) is 30.3 Å². The first-order valence-corrected chi connectivity index (χ1v) is 7.07. The standard InChI is InChI=1S/C15H18N4O2/c20-13-6-12(7-13)15(11-4-2-1-3-5-11)18-14(21)8-19-9-16-17-10-19/h1-5,9-10,12-13,15,20H,6-8H2,(H,18,21)/t12?,13?,15-/m0/s1. The summed E-state index contributed by atoms with van der Waals surface area (Å²) in [5.74, 6) is 0.206. The van der Waals surface area contributed by atoms with Gasteiger partial charge in [0.25, 0.3) is 0 Å². The Kier molecular flexibility index (Phi) is 3.96. The van der Waals surface area contributed by atoms with Crippen LogP contribution in [0.1, 0.15) is 24.4 Å². The van der Waals surface area contributed by atoms with E-state index < -0.39 is 0 Å². The van der Waals surface area contributed by atoms with E-state index in [9.17, 15) is 9.90 Å². The van der Waals surface area contributed by atoms with Crippen molar-refractivity contribution in [1.82, 2.24) is 20.1 Å². The highest BCUT2D eigenvalue weighted by atomic mass is 16.3. The number of hydrogen-bond acceptors (Lipinski definition) is 4. The van der Waals surface area contributed by atoms with Gasteiger partial charge in [0.2, 0.25) is 5.91 Å². The van der Waals surface area contributed by atoms with Gasteiger partial charge in [-0.15, -0.1) is 10.2 Å². The second-order valence-corrected chi connectivity index (χ2v) is 5.48. The minimum absolute atomic E-state index is 0.0569. The molecule has 3 rings (SSSR count). The Morgan fingerprint density at radius 1 is 1.29 bits per heavy atom. The van der Waals surface area contributed by atoms with Crippen LogP contribution in [0.25, 0.3) is 0 Å². The van der Waals surface area contributed by atoms with Crippen molar-refractivity contribution in [2.75, 3.05) is 0 Å². The fraction of sp³-hybridized carbons (Fsp3) is 0.400. The van der Waals surface area contributed by atoms with Crippen LogP contribution in [0.3, 0.4) is 0 Å². The summed E-state index contributed by atoms with van der Waals surface area (Å²) in [6.45, 7) is 0.200. The Labute approximate surface area is 122 Å². The highest BCUT2D eigenvalue weighted by Crippen LogP contribution is 2.37. The van der Waals surface area contributed by atoms with Gasteiger partial charge in [-0.05, 0) is 24.3 Å². The molecule has 1 heterocycles. The molecule has 0 aliphatic heterocycles. The molecular formula is C15H18N4O2. The first-order valence-electron chi connectivity index (χ1n) is 7.07. The molecule has 21 heavy (non-hydrogen) atoms. The quantitative estimate of drug-likeness (QED) is 0.856. The monoisotopic (exact) mass is 286 g/mol. The highest BCUT2D eigenvalue weighted by Gasteiger charge is 2.35. The van der Waals surface area contributed by atoms with E-state index in [1.165, 1.54) is 12.7 Å². The zero-order valence-corrected chi connectivity index (χ0v) is 11.6. The smallest absolute Gasteiger partial charge is 0.240 e. The Balaban J connectivity index is 1.69. The van der Waals surface area contributed by atoms with Gasteiger partial charge in [-0.25, -0.2) is 0 Å². The molecule has 1 aliphatic rings. The van der Waals surface area contributed by atoms with Gasteiger partial charge in [0.05, 0.1) is 12.1 Å². The topological polar surface area (TPSA) is 80.0 Å². The Morgan fingerprint density at radius 2 is 1.95 bits per heavy atom. The molecule has 1 aliphatic carbocycles. The summed E-state index contributed by atoms with van der Waals surface area (Å²) >= 11 is 0. The van der Waals surface area contributed by atoms with Gasteiger partial charge in [0, 0.05) is 0 Å². The number of aromatic nitrogens is 3. The van der Waals surface area contributed by atoms with Gasteiger partial charge >= 0.3 is 0 Å². The molecule has 1 aromatic heterocycles. The van der Waals surface area contributed by atoms with E-state index in [1.807, 2.05) is 30.3 Å². The number of carbonyl (C=O) groups is 1. The molecule has 6 heteroatoms. The number of nitrogens with one attached hydrogen (secondary N) is 1. The molecule has 0 bridgehead atoms. The molecule has 1 atom stereocenters. The predicted molar refractivity (Wildman–Crippen MR) is 76.1 cm³/mol. The molecule has 2 N–H and O–H groups in total. The lowest BCUT2D eigenvalue weighted by Crippen LogP contribution is -2.42. The van der Waals surface area contributed by atoms with E-state index in [4.69, 9.17) is 0 Å². The van der Waals surface area contributed by atoms with E-state index >= 15 is 0 Å². The summed E-state index contributed by atoms with van der Waals surface area (Å²) in [6.07, 6.45) is 4.25. The fourth-order valence-electron chi connectivity index (χ4n) is 2.72. The van der Waals surface area contributed by atoms with Gasteiger partial charge in [-0.3, -0.25) is 4.79 Å². The minimum Gasteiger partial charge on any atom is -0.393 e. The molecule has 110 valence electrons. The molecule has 1 amide bonds. The van der Waals surface area contributed by atoms with Crippen LogP contribution < -0.4 is 5.32 Å². The van der Waals surface area contributed by atoms with Crippen LogP contribution in [-0.4, -0.2) is 31.9 Å².